The Bertz CT molecular complexity index is 457. The number of hydrogen-bond donors (Lipinski definition) is 0. The topological polar surface area (TPSA) is 35.5 Å². The van der Waals surface area contributed by atoms with E-state index in [1.54, 1.807) is 0 Å². The average Bonchev–Trinajstić information content (AvgIpc) is 2.50. The first-order valence-corrected chi connectivity index (χ1v) is 10.7. The molecule has 0 aromatic heterocycles. The van der Waals surface area contributed by atoms with Crippen LogP contribution >= 0.6 is 28.5 Å². The van der Waals surface area contributed by atoms with E-state index in [9.17, 15) is 4.79 Å². The lowest BCUT2D eigenvalue weighted by Crippen LogP contribution is -1.98. The van der Waals surface area contributed by atoms with E-state index in [0.717, 1.165) is 25.7 Å². The molecule has 0 aliphatic carbocycles. The third-order valence-corrected chi connectivity index (χ3v) is 3.52. The fourth-order valence-electron chi connectivity index (χ4n) is 1.24. The summed E-state index contributed by atoms with van der Waals surface area (Å²) in [5.74, 6) is 17.8. The molecule has 0 bridgehead atoms. The molecule has 0 aliphatic rings. The number of ether oxygens (including phenoxy) is 1. The molecular formula is C16H20IO3P. The summed E-state index contributed by atoms with van der Waals surface area (Å²) in [4.78, 5) is 10.9. The lowest BCUT2D eigenvalue weighted by atomic mass is 10.2. The van der Waals surface area contributed by atoms with Crippen LogP contribution in [0.4, 0.5) is 0 Å². The van der Waals surface area contributed by atoms with Gasteiger partial charge in [0.05, 0.1) is 33.0 Å². The Kier molecular flexibility index (Phi) is 16.7. The summed E-state index contributed by atoms with van der Waals surface area (Å²) in [6.45, 7) is 1.20. The molecule has 3 nitrogen and oxygen atoms in total. The molecule has 0 aromatic rings. The highest BCUT2D eigenvalue weighted by molar-refractivity contribution is 14.2. The summed E-state index contributed by atoms with van der Waals surface area (Å²) in [6.07, 6.45) is 4.95. The summed E-state index contributed by atoms with van der Waals surface area (Å²) < 4.78 is 9.74. The summed E-state index contributed by atoms with van der Waals surface area (Å²) in [5.41, 5.74) is 0. The van der Waals surface area contributed by atoms with E-state index in [0.29, 0.717) is 32.3 Å². The average molecular weight is 418 g/mol. The molecule has 114 valence electrons. The van der Waals surface area contributed by atoms with Gasteiger partial charge < -0.3 is 9.26 Å². The maximum atomic E-state index is 10.9. The van der Waals surface area contributed by atoms with Crippen molar-refractivity contribution in [1.29, 1.82) is 0 Å². The minimum atomic E-state index is -0.156. The lowest BCUT2D eigenvalue weighted by Gasteiger charge is -1.95. The Morgan fingerprint density at radius 3 is 2.24 bits per heavy atom. The van der Waals surface area contributed by atoms with E-state index >= 15 is 0 Å². The van der Waals surface area contributed by atoms with E-state index in [-0.39, 0.29) is 5.97 Å². The standard InChI is InChI=1S/C16H20IO3P/c1-19-16(18)14-12-10-8-6-4-2-3-5-7-9-11-13-15-20-21-17/h21H,2,7-8,10,12-15H2,1H3. The molecule has 0 saturated heterocycles. The summed E-state index contributed by atoms with van der Waals surface area (Å²) in [7, 11) is 1.41. The molecule has 21 heavy (non-hydrogen) atoms. The van der Waals surface area contributed by atoms with Gasteiger partial charge in [-0.25, -0.2) is 0 Å². The minimum Gasteiger partial charge on any atom is -0.469 e. The van der Waals surface area contributed by atoms with Crippen molar-refractivity contribution in [2.75, 3.05) is 13.7 Å². The number of hydrogen-bond acceptors (Lipinski definition) is 3. The monoisotopic (exact) mass is 418 g/mol. The third-order valence-electron chi connectivity index (χ3n) is 2.27. The first-order valence-electron chi connectivity index (χ1n) is 6.72. The zero-order chi connectivity index (χ0) is 15.6. The highest BCUT2D eigenvalue weighted by Crippen LogP contribution is 2.21. The van der Waals surface area contributed by atoms with Crippen LogP contribution in [-0.4, -0.2) is 19.7 Å². The van der Waals surface area contributed by atoms with Crippen LogP contribution in [0, 0.1) is 35.5 Å². The van der Waals surface area contributed by atoms with Crippen LogP contribution in [0.1, 0.15) is 44.9 Å². The zero-order valence-corrected chi connectivity index (χ0v) is 15.4. The first-order chi connectivity index (χ1) is 10.3. The van der Waals surface area contributed by atoms with E-state index in [4.69, 9.17) is 4.52 Å². The maximum absolute atomic E-state index is 10.9. The predicted octanol–water partition coefficient (Wildman–Crippen LogP) is 3.86. The minimum absolute atomic E-state index is 0.156. The van der Waals surface area contributed by atoms with Crippen molar-refractivity contribution in [3.63, 3.8) is 0 Å². The molecule has 0 fully saturated rings. The quantitative estimate of drug-likeness (QED) is 0.207. The Balaban J connectivity index is 3.48. The van der Waals surface area contributed by atoms with E-state index < -0.39 is 0 Å². The van der Waals surface area contributed by atoms with Gasteiger partial charge in [-0.2, -0.15) is 0 Å². The second kappa shape index (κ2) is 17.3. The van der Waals surface area contributed by atoms with E-state index in [2.05, 4.69) is 62.3 Å². The number of esters is 1. The Labute approximate surface area is 142 Å². The van der Waals surface area contributed by atoms with Crippen LogP contribution < -0.4 is 0 Å². The van der Waals surface area contributed by atoms with E-state index in [1.807, 2.05) is 0 Å². The fourth-order valence-corrected chi connectivity index (χ4v) is 2.08. The van der Waals surface area contributed by atoms with E-state index in [1.165, 1.54) is 7.11 Å². The molecule has 0 rings (SSSR count). The van der Waals surface area contributed by atoms with Crippen molar-refractivity contribution in [3.05, 3.63) is 0 Å². The summed E-state index contributed by atoms with van der Waals surface area (Å²) >= 11 is 2.19. The molecule has 0 N–H and O–H groups in total. The maximum Gasteiger partial charge on any atom is 0.305 e. The van der Waals surface area contributed by atoms with Gasteiger partial charge in [0.2, 0.25) is 0 Å². The van der Waals surface area contributed by atoms with Gasteiger partial charge in [0.25, 0.3) is 0 Å². The zero-order valence-electron chi connectivity index (χ0n) is 12.3. The lowest BCUT2D eigenvalue weighted by molar-refractivity contribution is -0.140. The first kappa shape index (κ1) is 20.3. The SMILES string of the molecule is COC(=O)CCCCC#CCC#CCC#CCCOPI. The van der Waals surface area contributed by atoms with Crippen LogP contribution in [0.25, 0.3) is 0 Å². The number of carbonyl (C=O) groups excluding carboxylic acids is 1. The van der Waals surface area contributed by atoms with Crippen LogP contribution in [0.5, 0.6) is 0 Å². The van der Waals surface area contributed by atoms with Gasteiger partial charge in [0.15, 0.2) is 0 Å². The second-order valence-electron chi connectivity index (χ2n) is 3.87. The molecule has 5 heteroatoms. The second-order valence-corrected chi connectivity index (χ2v) is 5.64. The summed E-state index contributed by atoms with van der Waals surface area (Å²) in [6, 6.07) is 0. The molecule has 0 aromatic carbocycles. The predicted molar refractivity (Wildman–Crippen MR) is 96.0 cm³/mol. The van der Waals surface area contributed by atoms with Gasteiger partial charge in [-0.1, -0.05) is 29.6 Å². The van der Waals surface area contributed by atoms with Crippen molar-refractivity contribution in [2.24, 2.45) is 0 Å². The Morgan fingerprint density at radius 2 is 1.62 bits per heavy atom. The number of methoxy groups -OCH3 is 1. The number of unbranched alkanes of at least 4 members (excludes halogenated alkanes) is 2. The van der Waals surface area contributed by atoms with Crippen molar-refractivity contribution in [2.45, 2.75) is 44.9 Å². The van der Waals surface area contributed by atoms with Gasteiger partial charge in [-0.3, -0.25) is 4.79 Å². The molecule has 0 saturated carbocycles. The largest absolute Gasteiger partial charge is 0.469 e. The van der Waals surface area contributed by atoms with Crippen LogP contribution in [-0.2, 0) is 14.1 Å². The van der Waals surface area contributed by atoms with Crippen LogP contribution in [0.15, 0.2) is 0 Å². The van der Waals surface area contributed by atoms with Crippen LogP contribution in [0.3, 0.4) is 0 Å². The molecule has 1 atom stereocenters. The Morgan fingerprint density at radius 1 is 1.00 bits per heavy atom. The highest BCUT2D eigenvalue weighted by atomic mass is 127. The molecule has 0 heterocycles. The molecule has 0 spiro atoms. The molecule has 0 radical (unpaired) electrons. The smallest absolute Gasteiger partial charge is 0.305 e. The van der Waals surface area contributed by atoms with Crippen molar-refractivity contribution in [3.8, 4) is 35.5 Å². The van der Waals surface area contributed by atoms with Gasteiger partial charge in [0, 0.05) is 19.3 Å². The number of halogens is 1. The highest BCUT2D eigenvalue weighted by Gasteiger charge is 1.97. The number of rotatable bonds is 7. The molecule has 1 unspecified atom stereocenters. The van der Waals surface area contributed by atoms with Crippen molar-refractivity contribution >= 4 is 34.5 Å². The normalized spacial score (nSPS) is 9.05. The van der Waals surface area contributed by atoms with Crippen molar-refractivity contribution in [1.82, 2.24) is 0 Å². The van der Waals surface area contributed by atoms with Gasteiger partial charge in [-0.05, 0) is 34.9 Å². The number of carbonyl (C=O) groups is 1. The fraction of sp³-hybridized carbons (Fsp3) is 0.562. The third kappa shape index (κ3) is 17.2. The van der Waals surface area contributed by atoms with Crippen molar-refractivity contribution < 1.29 is 14.1 Å². The Hall–Kier alpha value is -0.730. The van der Waals surface area contributed by atoms with Gasteiger partial charge >= 0.3 is 5.97 Å². The molecular weight excluding hydrogens is 398 g/mol. The van der Waals surface area contributed by atoms with Gasteiger partial charge in [-0.15, -0.1) is 5.92 Å². The van der Waals surface area contributed by atoms with Gasteiger partial charge in [0.1, 0.15) is 0 Å². The molecule has 0 aliphatic heterocycles. The van der Waals surface area contributed by atoms with Crippen LogP contribution in [0.2, 0.25) is 0 Å². The summed E-state index contributed by atoms with van der Waals surface area (Å²) in [5, 5.41) is 0. The molecule has 0 amide bonds.